The average molecular weight is 209 g/mol. The largest absolute Gasteiger partial charge is 0.505 e. The second-order valence-corrected chi connectivity index (χ2v) is 3.55. The van der Waals surface area contributed by atoms with Gasteiger partial charge < -0.3 is 15.2 Å². The van der Waals surface area contributed by atoms with Crippen LogP contribution in [0.25, 0.3) is 10.9 Å². The molecule has 0 bridgehead atoms. The molecule has 0 fully saturated rings. The first-order valence-corrected chi connectivity index (χ1v) is 4.74. The van der Waals surface area contributed by atoms with Gasteiger partial charge >= 0.3 is 0 Å². The Morgan fingerprint density at radius 1 is 1.40 bits per heavy atom. The summed E-state index contributed by atoms with van der Waals surface area (Å²) in [6, 6.07) is 2.65. The van der Waals surface area contributed by atoms with Crippen molar-refractivity contribution in [3.63, 3.8) is 0 Å². The lowest BCUT2D eigenvalue weighted by Crippen LogP contribution is -1.91. The van der Waals surface area contributed by atoms with Gasteiger partial charge in [0.15, 0.2) is 11.6 Å². The van der Waals surface area contributed by atoms with Gasteiger partial charge in [-0.05, 0) is 25.0 Å². The third-order valence-electron chi connectivity index (χ3n) is 2.55. The Morgan fingerprint density at radius 2 is 2.13 bits per heavy atom. The van der Waals surface area contributed by atoms with Crippen molar-refractivity contribution in [3.05, 3.63) is 29.2 Å². The Kier molecular flexibility index (Phi) is 2.36. The standard InChI is InChI=1S/C11H12FNO2/c1-6-7(2-3-14)8-4-11(15)9(12)5-10(8)13-6/h4-5,13-15H,2-3H2,1H3. The highest BCUT2D eigenvalue weighted by molar-refractivity contribution is 5.86. The van der Waals surface area contributed by atoms with Gasteiger partial charge in [-0.15, -0.1) is 0 Å². The molecule has 0 aliphatic carbocycles. The molecule has 2 aromatic rings. The van der Waals surface area contributed by atoms with Gasteiger partial charge in [0.1, 0.15) is 0 Å². The van der Waals surface area contributed by atoms with Crippen LogP contribution in [0.1, 0.15) is 11.3 Å². The first-order chi connectivity index (χ1) is 7.13. The maximum atomic E-state index is 13.1. The van der Waals surface area contributed by atoms with Gasteiger partial charge in [0.2, 0.25) is 0 Å². The van der Waals surface area contributed by atoms with E-state index in [0.29, 0.717) is 11.9 Å². The number of rotatable bonds is 2. The van der Waals surface area contributed by atoms with E-state index in [0.717, 1.165) is 16.6 Å². The van der Waals surface area contributed by atoms with Crippen molar-refractivity contribution in [2.45, 2.75) is 13.3 Å². The molecular weight excluding hydrogens is 197 g/mol. The zero-order valence-corrected chi connectivity index (χ0v) is 8.34. The number of hydrogen-bond donors (Lipinski definition) is 3. The molecule has 0 unspecified atom stereocenters. The summed E-state index contributed by atoms with van der Waals surface area (Å²) in [5.74, 6) is -1.00. The summed E-state index contributed by atoms with van der Waals surface area (Å²) in [6.07, 6.45) is 0.497. The molecule has 0 saturated heterocycles. The van der Waals surface area contributed by atoms with E-state index >= 15 is 0 Å². The number of phenolic OH excluding ortho intramolecular Hbond substituents is 1. The van der Waals surface area contributed by atoms with E-state index in [-0.39, 0.29) is 12.4 Å². The predicted molar refractivity (Wildman–Crippen MR) is 55.4 cm³/mol. The van der Waals surface area contributed by atoms with Gasteiger partial charge in [0.25, 0.3) is 0 Å². The number of hydrogen-bond acceptors (Lipinski definition) is 2. The minimum Gasteiger partial charge on any atom is -0.505 e. The highest BCUT2D eigenvalue weighted by Crippen LogP contribution is 2.28. The molecule has 1 aromatic heterocycles. The number of aromatic amines is 1. The zero-order valence-electron chi connectivity index (χ0n) is 8.34. The van der Waals surface area contributed by atoms with Gasteiger partial charge in [0.05, 0.1) is 0 Å². The monoisotopic (exact) mass is 209 g/mol. The third kappa shape index (κ3) is 1.57. The molecule has 3 nitrogen and oxygen atoms in total. The summed E-state index contributed by atoms with van der Waals surface area (Å²) in [7, 11) is 0. The molecular formula is C11H12FNO2. The van der Waals surface area contributed by atoms with Crippen LogP contribution in [-0.4, -0.2) is 21.8 Å². The van der Waals surface area contributed by atoms with Crippen LogP contribution >= 0.6 is 0 Å². The second kappa shape index (κ2) is 3.55. The second-order valence-electron chi connectivity index (χ2n) is 3.55. The van der Waals surface area contributed by atoms with Crippen LogP contribution in [0.5, 0.6) is 5.75 Å². The number of phenols is 1. The Balaban J connectivity index is 2.70. The first kappa shape index (κ1) is 9.98. The molecule has 80 valence electrons. The van der Waals surface area contributed by atoms with E-state index in [2.05, 4.69) is 4.98 Å². The van der Waals surface area contributed by atoms with E-state index in [4.69, 9.17) is 5.11 Å². The van der Waals surface area contributed by atoms with Crippen molar-refractivity contribution in [2.24, 2.45) is 0 Å². The lowest BCUT2D eigenvalue weighted by molar-refractivity contribution is 0.300. The average Bonchev–Trinajstić information content (AvgIpc) is 2.46. The fourth-order valence-electron chi connectivity index (χ4n) is 1.83. The fourth-order valence-corrected chi connectivity index (χ4v) is 1.83. The molecule has 1 aromatic carbocycles. The van der Waals surface area contributed by atoms with Crippen molar-refractivity contribution in [2.75, 3.05) is 6.61 Å². The van der Waals surface area contributed by atoms with Crippen molar-refractivity contribution >= 4 is 10.9 Å². The fraction of sp³-hybridized carbons (Fsp3) is 0.273. The predicted octanol–water partition coefficient (Wildman–Crippen LogP) is 1.86. The van der Waals surface area contributed by atoms with Gasteiger partial charge in [-0.2, -0.15) is 0 Å². The van der Waals surface area contributed by atoms with E-state index in [1.165, 1.54) is 12.1 Å². The minimum absolute atomic E-state index is 0.0337. The molecule has 0 atom stereocenters. The Labute approximate surface area is 86.2 Å². The van der Waals surface area contributed by atoms with Crippen LogP contribution in [0.2, 0.25) is 0 Å². The number of aliphatic hydroxyl groups is 1. The molecule has 0 amide bonds. The normalized spacial score (nSPS) is 11.1. The zero-order chi connectivity index (χ0) is 11.0. The number of aryl methyl sites for hydroxylation is 1. The van der Waals surface area contributed by atoms with Crippen LogP contribution in [0.15, 0.2) is 12.1 Å². The number of aliphatic hydroxyl groups excluding tert-OH is 1. The Morgan fingerprint density at radius 3 is 2.80 bits per heavy atom. The van der Waals surface area contributed by atoms with Crippen LogP contribution in [-0.2, 0) is 6.42 Å². The number of aromatic hydroxyl groups is 1. The van der Waals surface area contributed by atoms with Crippen LogP contribution in [0.3, 0.4) is 0 Å². The Hall–Kier alpha value is -1.55. The van der Waals surface area contributed by atoms with E-state index in [1.807, 2.05) is 6.92 Å². The van der Waals surface area contributed by atoms with Gasteiger partial charge in [-0.3, -0.25) is 0 Å². The smallest absolute Gasteiger partial charge is 0.166 e. The topological polar surface area (TPSA) is 56.2 Å². The highest BCUT2D eigenvalue weighted by Gasteiger charge is 2.11. The van der Waals surface area contributed by atoms with Gasteiger partial charge in [-0.25, -0.2) is 4.39 Å². The summed E-state index contributed by atoms with van der Waals surface area (Å²) in [5.41, 5.74) is 2.46. The van der Waals surface area contributed by atoms with E-state index in [9.17, 15) is 9.50 Å². The number of fused-ring (bicyclic) bond motifs is 1. The number of nitrogens with one attached hydrogen (secondary N) is 1. The summed E-state index contributed by atoms with van der Waals surface area (Å²) in [5, 5.41) is 18.9. The minimum atomic E-state index is -0.640. The highest BCUT2D eigenvalue weighted by atomic mass is 19.1. The maximum Gasteiger partial charge on any atom is 0.166 e. The third-order valence-corrected chi connectivity index (χ3v) is 2.55. The van der Waals surface area contributed by atoms with Crippen LogP contribution in [0, 0.1) is 12.7 Å². The van der Waals surface area contributed by atoms with Crippen LogP contribution in [0.4, 0.5) is 4.39 Å². The number of aromatic nitrogens is 1. The number of H-pyrrole nitrogens is 1. The lowest BCUT2D eigenvalue weighted by atomic mass is 10.1. The summed E-state index contributed by atoms with van der Waals surface area (Å²) in [4.78, 5) is 3.02. The molecule has 0 aliphatic rings. The van der Waals surface area contributed by atoms with Gasteiger partial charge in [0, 0.05) is 29.3 Å². The van der Waals surface area contributed by atoms with Crippen molar-refractivity contribution < 1.29 is 14.6 Å². The molecule has 15 heavy (non-hydrogen) atoms. The van der Waals surface area contributed by atoms with Crippen molar-refractivity contribution in [1.82, 2.24) is 4.98 Å². The number of halogens is 1. The lowest BCUT2D eigenvalue weighted by Gasteiger charge is -1.99. The first-order valence-electron chi connectivity index (χ1n) is 4.74. The maximum absolute atomic E-state index is 13.1. The van der Waals surface area contributed by atoms with E-state index < -0.39 is 5.82 Å². The molecule has 0 radical (unpaired) electrons. The van der Waals surface area contributed by atoms with Crippen LogP contribution < -0.4 is 0 Å². The molecule has 3 N–H and O–H groups in total. The van der Waals surface area contributed by atoms with Gasteiger partial charge in [-0.1, -0.05) is 0 Å². The summed E-state index contributed by atoms with van der Waals surface area (Å²) >= 11 is 0. The van der Waals surface area contributed by atoms with Crippen molar-refractivity contribution in [3.8, 4) is 5.75 Å². The Bertz CT molecular complexity index is 505. The van der Waals surface area contributed by atoms with E-state index in [1.54, 1.807) is 0 Å². The molecule has 1 heterocycles. The number of benzene rings is 1. The summed E-state index contributed by atoms with van der Waals surface area (Å²) < 4.78 is 13.1. The van der Waals surface area contributed by atoms with Crippen molar-refractivity contribution in [1.29, 1.82) is 0 Å². The molecule has 0 aliphatic heterocycles. The molecule has 4 heteroatoms. The molecule has 2 rings (SSSR count). The SMILES string of the molecule is Cc1[nH]c2cc(F)c(O)cc2c1CCO. The molecule has 0 spiro atoms. The quantitative estimate of drug-likeness (QED) is 0.707. The molecule has 0 saturated carbocycles. The summed E-state index contributed by atoms with van der Waals surface area (Å²) in [6.45, 7) is 1.89.